The summed E-state index contributed by atoms with van der Waals surface area (Å²) in [6.45, 7) is 2.71. The Morgan fingerprint density at radius 3 is 2.52 bits per heavy atom. The van der Waals surface area contributed by atoms with Crippen LogP contribution >= 0.6 is 11.6 Å². The summed E-state index contributed by atoms with van der Waals surface area (Å²) in [6.07, 6.45) is 2.74. The van der Waals surface area contributed by atoms with Crippen LogP contribution in [-0.4, -0.2) is 38.3 Å². The van der Waals surface area contributed by atoms with Crippen molar-refractivity contribution in [3.05, 3.63) is 52.8 Å². The Bertz CT molecular complexity index is 1010. The lowest BCUT2D eigenvalue weighted by molar-refractivity contribution is -0.114. The molecule has 0 saturated carbocycles. The summed E-state index contributed by atoms with van der Waals surface area (Å²) >= 11 is 5.94. The van der Waals surface area contributed by atoms with Crippen molar-refractivity contribution in [2.24, 2.45) is 0 Å². The topological polar surface area (TPSA) is 78.5 Å². The maximum Gasteiger partial charge on any atom is 0.243 e. The molecule has 0 atom stereocenters. The number of carbonyl (C=O) groups is 1. The van der Waals surface area contributed by atoms with E-state index in [0.29, 0.717) is 24.5 Å². The molecule has 3 rings (SSSR count). The molecule has 1 heterocycles. The van der Waals surface area contributed by atoms with E-state index in [0.717, 1.165) is 30.9 Å². The highest BCUT2D eigenvalue weighted by molar-refractivity contribution is 7.89. The number of nitrogens with zero attached hydrogens (tertiary/aromatic N) is 1. The van der Waals surface area contributed by atoms with Crippen LogP contribution in [-0.2, 0) is 14.8 Å². The van der Waals surface area contributed by atoms with Gasteiger partial charge in [-0.2, -0.15) is 4.31 Å². The van der Waals surface area contributed by atoms with E-state index in [1.807, 2.05) is 0 Å². The Labute approximate surface area is 175 Å². The maximum atomic E-state index is 13.1. The number of sulfonamides is 1. The molecule has 0 radical (unpaired) electrons. The summed E-state index contributed by atoms with van der Waals surface area (Å²) in [4.78, 5) is 12.5. The Kier molecular flexibility index (Phi) is 6.77. The SMILES string of the molecule is Cc1ccc(S(=O)(=O)N2CCCCC2)cc1NC(=O)CNc1ccc(F)cc1Cl. The number of piperidine rings is 1. The van der Waals surface area contributed by atoms with Gasteiger partial charge in [-0.15, -0.1) is 0 Å². The number of carbonyl (C=O) groups excluding carboxylic acids is 1. The first-order valence-corrected chi connectivity index (χ1v) is 11.2. The smallest absolute Gasteiger partial charge is 0.243 e. The molecule has 2 N–H and O–H groups in total. The number of rotatable bonds is 6. The van der Waals surface area contributed by atoms with Gasteiger partial charge in [0.05, 0.1) is 22.2 Å². The summed E-state index contributed by atoms with van der Waals surface area (Å²) in [7, 11) is -3.59. The monoisotopic (exact) mass is 439 g/mol. The minimum absolute atomic E-state index is 0.103. The van der Waals surface area contributed by atoms with E-state index in [1.54, 1.807) is 19.1 Å². The fourth-order valence-corrected chi connectivity index (χ4v) is 4.93. The van der Waals surface area contributed by atoms with Crippen molar-refractivity contribution < 1.29 is 17.6 Å². The summed E-state index contributed by atoms with van der Waals surface area (Å²) in [6, 6.07) is 8.57. The van der Waals surface area contributed by atoms with E-state index in [-0.39, 0.29) is 22.4 Å². The van der Waals surface area contributed by atoms with Crippen molar-refractivity contribution in [1.82, 2.24) is 4.31 Å². The fourth-order valence-electron chi connectivity index (χ4n) is 3.15. The molecule has 2 aromatic rings. The van der Waals surface area contributed by atoms with Crippen LogP contribution in [0.2, 0.25) is 5.02 Å². The first-order chi connectivity index (χ1) is 13.8. The normalized spacial score (nSPS) is 15.1. The van der Waals surface area contributed by atoms with Crippen molar-refractivity contribution in [2.75, 3.05) is 30.3 Å². The summed E-state index contributed by atoms with van der Waals surface area (Å²) in [5.41, 5.74) is 1.61. The Morgan fingerprint density at radius 2 is 1.83 bits per heavy atom. The number of anilines is 2. The molecule has 1 aliphatic heterocycles. The summed E-state index contributed by atoms with van der Waals surface area (Å²) in [5.74, 6) is -0.839. The van der Waals surface area contributed by atoms with Gasteiger partial charge in [-0.3, -0.25) is 4.79 Å². The predicted molar refractivity (Wildman–Crippen MR) is 112 cm³/mol. The van der Waals surface area contributed by atoms with Crippen molar-refractivity contribution in [1.29, 1.82) is 0 Å². The second kappa shape index (κ2) is 9.11. The molecule has 0 spiro atoms. The predicted octanol–water partition coefficient (Wildman–Crippen LogP) is 4.01. The van der Waals surface area contributed by atoms with Gasteiger partial charge in [0.2, 0.25) is 15.9 Å². The lowest BCUT2D eigenvalue weighted by Gasteiger charge is -2.26. The zero-order valence-corrected chi connectivity index (χ0v) is 17.6. The van der Waals surface area contributed by atoms with Gasteiger partial charge in [-0.05, 0) is 55.7 Å². The van der Waals surface area contributed by atoms with Gasteiger partial charge < -0.3 is 10.6 Å². The highest BCUT2D eigenvalue weighted by Gasteiger charge is 2.26. The van der Waals surface area contributed by atoms with Crippen molar-refractivity contribution >= 4 is 38.9 Å². The third kappa shape index (κ3) is 5.26. The van der Waals surface area contributed by atoms with E-state index < -0.39 is 15.8 Å². The van der Waals surface area contributed by atoms with Crippen LogP contribution in [0.5, 0.6) is 0 Å². The van der Waals surface area contributed by atoms with Crippen molar-refractivity contribution in [3.63, 3.8) is 0 Å². The average molecular weight is 440 g/mol. The lowest BCUT2D eigenvalue weighted by Crippen LogP contribution is -2.35. The van der Waals surface area contributed by atoms with Gasteiger partial charge in [0.15, 0.2) is 0 Å². The first kappa shape index (κ1) is 21.5. The molecule has 1 saturated heterocycles. The van der Waals surface area contributed by atoms with Crippen LogP contribution < -0.4 is 10.6 Å². The standard InChI is InChI=1S/C20H23ClFN3O3S/c1-14-5-7-16(29(27,28)25-9-3-2-4-10-25)12-19(14)24-20(26)13-23-18-8-6-15(22)11-17(18)21/h5-8,11-12,23H,2-4,9-10,13H2,1H3,(H,24,26). The molecule has 1 aliphatic rings. The Balaban J connectivity index is 1.70. The summed E-state index contributed by atoms with van der Waals surface area (Å²) < 4.78 is 40.3. The number of hydrogen-bond acceptors (Lipinski definition) is 4. The van der Waals surface area contributed by atoms with Crippen LogP contribution in [0.1, 0.15) is 24.8 Å². The van der Waals surface area contributed by atoms with Gasteiger partial charge in [0.25, 0.3) is 0 Å². The van der Waals surface area contributed by atoms with Gasteiger partial charge in [-0.1, -0.05) is 24.1 Å². The minimum atomic E-state index is -3.59. The molecule has 1 fully saturated rings. The average Bonchev–Trinajstić information content (AvgIpc) is 2.69. The number of halogens is 2. The number of aryl methyl sites for hydroxylation is 1. The molecule has 1 amide bonds. The zero-order valence-electron chi connectivity index (χ0n) is 16.0. The van der Waals surface area contributed by atoms with E-state index >= 15 is 0 Å². The van der Waals surface area contributed by atoms with Crippen molar-refractivity contribution in [2.45, 2.75) is 31.1 Å². The number of hydrogen-bond donors (Lipinski definition) is 2. The highest BCUT2D eigenvalue weighted by Crippen LogP contribution is 2.25. The summed E-state index contributed by atoms with van der Waals surface area (Å²) in [5, 5.41) is 5.73. The van der Waals surface area contributed by atoms with E-state index in [2.05, 4.69) is 10.6 Å². The van der Waals surface area contributed by atoms with Gasteiger partial charge in [-0.25, -0.2) is 12.8 Å². The Hall–Kier alpha value is -2.16. The highest BCUT2D eigenvalue weighted by atomic mass is 35.5. The molecular weight excluding hydrogens is 417 g/mol. The molecule has 0 unspecified atom stereocenters. The van der Waals surface area contributed by atoms with Gasteiger partial charge in [0.1, 0.15) is 5.82 Å². The third-order valence-electron chi connectivity index (χ3n) is 4.81. The van der Waals surface area contributed by atoms with Crippen LogP contribution in [0.15, 0.2) is 41.3 Å². The zero-order chi connectivity index (χ0) is 21.0. The second-order valence-electron chi connectivity index (χ2n) is 6.97. The van der Waals surface area contributed by atoms with E-state index in [1.165, 1.54) is 22.5 Å². The molecule has 29 heavy (non-hydrogen) atoms. The molecule has 156 valence electrons. The fraction of sp³-hybridized carbons (Fsp3) is 0.350. The maximum absolute atomic E-state index is 13.1. The second-order valence-corrected chi connectivity index (χ2v) is 9.31. The van der Waals surface area contributed by atoms with Crippen LogP contribution in [0.3, 0.4) is 0 Å². The molecule has 2 aromatic carbocycles. The largest absolute Gasteiger partial charge is 0.375 e. The van der Waals surface area contributed by atoms with Gasteiger partial charge in [0, 0.05) is 18.8 Å². The number of amides is 1. The third-order valence-corrected chi connectivity index (χ3v) is 7.01. The van der Waals surface area contributed by atoms with Crippen LogP contribution in [0.25, 0.3) is 0 Å². The lowest BCUT2D eigenvalue weighted by atomic mass is 10.2. The quantitative estimate of drug-likeness (QED) is 0.712. The van der Waals surface area contributed by atoms with Crippen LogP contribution in [0, 0.1) is 12.7 Å². The molecule has 0 bridgehead atoms. The molecular formula is C20H23ClFN3O3S. The van der Waals surface area contributed by atoms with Gasteiger partial charge >= 0.3 is 0 Å². The van der Waals surface area contributed by atoms with Crippen LogP contribution in [0.4, 0.5) is 15.8 Å². The number of nitrogens with one attached hydrogen (secondary N) is 2. The van der Waals surface area contributed by atoms with E-state index in [9.17, 15) is 17.6 Å². The molecule has 6 nitrogen and oxygen atoms in total. The van der Waals surface area contributed by atoms with Crippen molar-refractivity contribution in [3.8, 4) is 0 Å². The molecule has 0 aromatic heterocycles. The molecule has 9 heteroatoms. The molecule has 0 aliphatic carbocycles. The Morgan fingerprint density at radius 1 is 1.10 bits per heavy atom. The minimum Gasteiger partial charge on any atom is -0.375 e. The number of benzene rings is 2. The van der Waals surface area contributed by atoms with E-state index in [4.69, 9.17) is 11.6 Å². The first-order valence-electron chi connectivity index (χ1n) is 9.37.